The molecule has 0 aliphatic carbocycles. The minimum absolute atomic E-state index is 0.0285. The average Bonchev–Trinajstić information content (AvgIpc) is 2.37. The lowest BCUT2D eigenvalue weighted by molar-refractivity contribution is 0.0678. The predicted octanol–water partition coefficient (Wildman–Crippen LogP) is 1.14. The van der Waals surface area contributed by atoms with Crippen LogP contribution in [0.3, 0.4) is 0 Å². The van der Waals surface area contributed by atoms with Crippen LogP contribution in [-0.4, -0.2) is 43.9 Å². The van der Waals surface area contributed by atoms with Gasteiger partial charge in [-0.3, -0.25) is 9.59 Å². The number of fused-ring (bicyclic) bond motifs is 1. The Hall–Kier alpha value is -1.68. The molecule has 1 aromatic rings. The summed E-state index contributed by atoms with van der Waals surface area (Å²) in [5, 5.41) is 0. The van der Waals surface area contributed by atoms with Crippen LogP contribution in [0.5, 0.6) is 0 Å². The van der Waals surface area contributed by atoms with E-state index < -0.39 is 0 Å². The van der Waals surface area contributed by atoms with Gasteiger partial charge in [0.2, 0.25) is 0 Å². The van der Waals surface area contributed by atoms with E-state index in [-0.39, 0.29) is 5.91 Å². The highest BCUT2D eigenvalue weighted by atomic mass is 16.5. The van der Waals surface area contributed by atoms with Crippen molar-refractivity contribution in [2.75, 3.05) is 26.8 Å². The largest absolute Gasteiger partial charge is 0.383 e. The fourth-order valence-corrected chi connectivity index (χ4v) is 2.04. The van der Waals surface area contributed by atoms with Crippen molar-refractivity contribution in [1.29, 1.82) is 0 Å². The van der Waals surface area contributed by atoms with Gasteiger partial charge in [0.25, 0.3) is 5.91 Å². The number of rotatable bonds is 4. The summed E-state index contributed by atoms with van der Waals surface area (Å²) in [4.78, 5) is 24.6. The summed E-state index contributed by atoms with van der Waals surface area (Å²) in [6, 6.07) is 5.22. The molecule has 0 fully saturated rings. The number of carbonyl (C=O) groups is 2. The minimum Gasteiger partial charge on any atom is -0.383 e. The highest BCUT2D eigenvalue weighted by molar-refractivity contribution is 5.97. The maximum atomic E-state index is 12.1. The number of benzene rings is 1. The zero-order valence-corrected chi connectivity index (χ0v) is 9.81. The molecular weight excluding hydrogens is 218 g/mol. The summed E-state index contributed by atoms with van der Waals surface area (Å²) in [6.45, 7) is 1.86. The first kappa shape index (κ1) is 11.8. The lowest BCUT2D eigenvalue weighted by Crippen LogP contribution is -2.39. The molecule has 0 saturated carbocycles. The second-order valence-corrected chi connectivity index (χ2v) is 4.07. The molecule has 0 spiro atoms. The number of ether oxygens (including phenoxy) is 1. The molecule has 1 aliphatic heterocycles. The van der Waals surface area contributed by atoms with Gasteiger partial charge in [-0.1, -0.05) is 6.07 Å². The van der Waals surface area contributed by atoms with Gasteiger partial charge in [0.05, 0.1) is 6.61 Å². The maximum Gasteiger partial charge on any atom is 0.254 e. The summed E-state index contributed by atoms with van der Waals surface area (Å²) in [6.07, 6.45) is 1.61. The summed E-state index contributed by atoms with van der Waals surface area (Å²) in [5.41, 5.74) is 2.30. The van der Waals surface area contributed by atoms with Gasteiger partial charge in [-0.15, -0.1) is 0 Å². The molecule has 1 heterocycles. The lowest BCUT2D eigenvalue weighted by Gasteiger charge is -2.28. The van der Waals surface area contributed by atoms with E-state index in [1.165, 1.54) is 0 Å². The monoisotopic (exact) mass is 233 g/mol. The number of carbonyl (C=O) groups excluding carboxylic acids is 2. The molecule has 4 heteroatoms. The summed E-state index contributed by atoms with van der Waals surface area (Å²) >= 11 is 0. The number of hydrogen-bond acceptors (Lipinski definition) is 3. The molecule has 0 saturated heterocycles. The van der Waals surface area contributed by atoms with Crippen molar-refractivity contribution in [2.45, 2.75) is 6.42 Å². The van der Waals surface area contributed by atoms with Crippen LogP contribution < -0.4 is 0 Å². The fraction of sp³-hybridized carbons (Fsp3) is 0.385. The molecule has 0 N–H and O–H groups in total. The van der Waals surface area contributed by atoms with Crippen LogP contribution in [0.4, 0.5) is 0 Å². The topological polar surface area (TPSA) is 46.6 Å². The number of nitrogens with zero attached hydrogens (tertiary/aromatic N) is 1. The Morgan fingerprint density at radius 3 is 3.00 bits per heavy atom. The fourth-order valence-electron chi connectivity index (χ4n) is 2.04. The number of methoxy groups -OCH3 is 1. The van der Waals surface area contributed by atoms with Crippen molar-refractivity contribution in [3.63, 3.8) is 0 Å². The molecule has 0 bridgehead atoms. The Morgan fingerprint density at radius 2 is 2.29 bits per heavy atom. The Bertz CT molecular complexity index is 442. The van der Waals surface area contributed by atoms with Gasteiger partial charge in [-0.05, 0) is 24.1 Å². The van der Waals surface area contributed by atoms with E-state index >= 15 is 0 Å². The van der Waals surface area contributed by atoms with Crippen LogP contribution in [0.2, 0.25) is 0 Å². The third kappa shape index (κ3) is 2.36. The Morgan fingerprint density at radius 1 is 1.47 bits per heavy atom. The Balaban J connectivity index is 2.21. The molecule has 90 valence electrons. The molecule has 0 aromatic heterocycles. The van der Waals surface area contributed by atoms with E-state index in [1.54, 1.807) is 30.2 Å². The van der Waals surface area contributed by atoms with Gasteiger partial charge in [0.15, 0.2) is 0 Å². The molecule has 17 heavy (non-hydrogen) atoms. The van der Waals surface area contributed by atoms with E-state index in [1.807, 2.05) is 0 Å². The van der Waals surface area contributed by atoms with Crippen molar-refractivity contribution in [3.05, 3.63) is 34.9 Å². The van der Waals surface area contributed by atoms with Gasteiger partial charge < -0.3 is 9.64 Å². The van der Waals surface area contributed by atoms with E-state index in [0.29, 0.717) is 30.8 Å². The summed E-state index contributed by atoms with van der Waals surface area (Å²) in [7, 11) is 1.62. The van der Waals surface area contributed by atoms with E-state index in [0.717, 1.165) is 18.3 Å². The molecule has 1 aliphatic rings. The maximum absolute atomic E-state index is 12.1. The van der Waals surface area contributed by atoms with Crippen molar-refractivity contribution < 1.29 is 14.3 Å². The Kier molecular flexibility index (Phi) is 3.54. The second-order valence-electron chi connectivity index (χ2n) is 4.07. The standard InChI is InChI=1S/C13H15NO3/c1-17-7-6-14-5-4-11-8-10(9-15)2-3-12(11)13(14)16/h2-3,8-9H,4-7H2,1H3. The van der Waals surface area contributed by atoms with Crippen molar-refractivity contribution in [1.82, 2.24) is 4.90 Å². The molecule has 2 rings (SSSR count). The van der Waals surface area contributed by atoms with Gasteiger partial charge in [-0.25, -0.2) is 0 Å². The van der Waals surface area contributed by atoms with Gasteiger partial charge in [0, 0.05) is 31.3 Å². The highest BCUT2D eigenvalue weighted by Gasteiger charge is 2.23. The second kappa shape index (κ2) is 5.10. The van der Waals surface area contributed by atoms with Crippen LogP contribution in [0.1, 0.15) is 26.3 Å². The van der Waals surface area contributed by atoms with Gasteiger partial charge >= 0.3 is 0 Å². The first-order valence-electron chi connectivity index (χ1n) is 5.62. The molecular formula is C13H15NO3. The molecule has 4 nitrogen and oxygen atoms in total. The quantitative estimate of drug-likeness (QED) is 0.733. The minimum atomic E-state index is 0.0285. The Labute approximate surface area is 100 Å². The predicted molar refractivity (Wildman–Crippen MR) is 63.3 cm³/mol. The lowest BCUT2D eigenvalue weighted by atomic mass is 9.97. The van der Waals surface area contributed by atoms with Crippen molar-refractivity contribution in [3.8, 4) is 0 Å². The van der Waals surface area contributed by atoms with Crippen LogP contribution >= 0.6 is 0 Å². The van der Waals surface area contributed by atoms with Crippen molar-refractivity contribution in [2.24, 2.45) is 0 Å². The van der Waals surface area contributed by atoms with Gasteiger partial charge in [0.1, 0.15) is 6.29 Å². The molecule has 0 atom stereocenters. The molecule has 0 unspecified atom stereocenters. The van der Waals surface area contributed by atoms with E-state index in [4.69, 9.17) is 4.74 Å². The van der Waals surface area contributed by atoms with Crippen LogP contribution in [-0.2, 0) is 11.2 Å². The zero-order chi connectivity index (χ0) is 12.3. The third-order valence-corrected chi connectivity index (χ3v) is 3.00. The van der Waals surface area contributed by atoms with E-state index in [2.05, 4.69) is 0 Å². The van der Waals surface area contributed by atoms with E-state index in [9.17, 15) is 9.59 Å². The molecule has 1 amide bonds. The smallest absolute Gasteiger partial charge is 0.254 e. The SMILES string of the molecule is COCCN1CCc2cc(C=O)ccc2C1=O. The average molecular weight is 233 g/mol. The highest BCUT2D eigenvalue weighted by Crippen LogP contribution is 2.19. The molecule has 1 aromatic carbocycles. The summed E-state index contributed by atoms with van der Waals surface area (Å²) in [5.74, 6) is 0.0285. The molecule has 0 radical (unpaired) electrons. The van der Waals surface area contributed by atoms with Crippen LogP contribution in [0.15, 0.2) is 18.2 Å². The third-order valence-electron chi connectivity index (χ3n) is 3.00. The van der Waals surface area contributed by atoms with Crippen LogP contribution in [0, 0.1) is 0 Å². The van der Waals surface area contributed by atoms with Crippen LogP contribution in [0.25, 0.3) is 0 Å². The zero-order valence-electron chi connectivity index (χ0n) is 9.81. The first-order chi connectivity index (χ1) is 8.26. The number of aldehydes is 1. The van der Waals surface area contributed by atoms with Gasteiger partial charge in [-0.2, -0.15) is 0 Å². The normalized spacial score (nSPS) is 14.6. The number of hydrogen-bond donors (Lipinski definition) is 0. The van der Waals surface area contributed by atoms with Crippen molar-refractivity contribution >= 4 is 12.2 Å². The first-order valence-corrected chi connectivity index (χ1v) is 5.62. The number of amides is 1. The summed E-state index contributed by atoms with van der Waals surface area (Å²) < 4.78 is 4.98.